The van der Waals surface area contributed by atoms with Gasteiger partial charge in [-0.3, -0.25) is 9.59 Å². The summed E-state index contributed by atoms with van der Waals surface area (Å²) >= 11 is 0.995. The van der Waals surface area contributed by atoms with Crippen LogP contribution in [0.2, 0.25) is 0 Å². The molecule has 2 N–H and O–H groups in total. The van der Waals surface area contributed by atoms with Gasteiger partial charge < -0.3 is 15.2 Å². The summed E-state index contributed by atoms with van der Waals surface area (Å²) in [6.45, 7) is 0. The normalized spacial score (nSPS) is 18.0. The van der Waals surface area contributed by atoms with E-state index < -0.39 is 22.9 Å². The average molecular weight is 387 g/mol. The molecule has 0 aromatic heterocycles. The van der Waals surface area contributed by atoms with Crippen LogP contribution in [0.3, 0.4) is 0 Å². The van der Waals surface area contributed by atoms with Gasteiger partial charge in [-0.1, -0.05) is 30.0 Å². The minimum Gasteiger partial charge on any atom is -0.481 e. The second-order valence-corrected chi connectivity index (χ2v) is 6.63. The molecule has 27 heavy (non-hydrogen) atoms. The molecule has 1 aliphatic heterocycles. The number of nitrogens with one attached hydrogen (secondary N) is 1. The number of amides is 1. The zero-order valence-electron chi connectivity index (χ0n) is 13.8. The van der Waals surface area contributed by atoms with Crippen LogP contribution in [-0.4, -0.2) is 33.6 Å². The molecule has 3 rings (SSSR count). The van der Waals surface area contributed by atoms with Gasteiger partial charge in [-0.2, -0.15) is 5.10 Å². The molecule has 0 spiro atoms. The molecular weight excluding hydrogens is 373 g/mol. The first-order chi connectivity index (χ1) is 13.0. The average Bonchev–Trinajstić information content (AvgIpc) is 2.96. The van der Waals surface area contributed by atoms with E-state index in [0.29, 0.717) is 11.3 Å². The molecule has 1 fully saturated rings. The van der Waals surface area contributed by atoms with Crippen molar-refractivity contribution in [1.82, 2.24) is 5.32 Å². The predicted molar refractivity (Wildman–Crippen MR) is 99.7 cm³/mol. The largest absolute Gasteiger partial charge is 0.481 e. The number of carbonyl (C=O) groups is 2. The Bertz CT molecular complexity index is 918. The molecule has 138 valence electrons. The van der Waals surface area contributed by atoms with Gasteiger partial charge in [0.05, 0.1) is 12.6 Å². The van der Waals surface area contributed by atoms with E-state index in [9.17, 15) is 14.0 Å². The molecule has 2 aromatic rings. The highest BCUT2D eigenvalue weighted by Gasteiger charge is 2.32. The summed E-state index contributed by atoms with van der Waals surface area (Å²) in [5, 5.41) is 18.5. The van der Waals surface area contributed by atoms with Crippen LogP contribution in [0.25, 0.3) is 0 Å². The fourth-order valence-corrected chi connectivity index (χ4v) is 3.12. The van der Waals surface area contributed by atoms with E-state index >= 15 is 0 Å². The molecule has 1 saturated heterocycles. The lowest BCUT2D eigenvalue weighted by Crippen LogP contribution is -2.26. The van der Waals surface area contributed by atoms with Crippen LogP contribution in [0.15, 0.2) is 58.7 Å². The summed E-state index contributed by atoms with van der Waals surface area (Å²) in [7, 11) is 0. The number of carboxylic acids is 1. The lowest BCUT2D eigenvalue weighted by molar-refractivity contribution is -0.138. The predicted octanol–water partition coefficient (Wildman–Crippen LogP) is 3.01. The van der Waals surface area contributed by atoms with E-state index in [4.69, 9.17) is 9.84 Å². The molecule has 1 atom stereocenters. The quantitative estimate of drug-likeness (QED) is 0.586. The summed E-state index contributed by atoms with van der Waals surface area (Å²) < 4.78 is 19.2. The van der Waals surface area contributed by atoms with Crippen molar-refractivity contribution in [1.29, 1.82) is 0 Å². The van der Waals surface area contributed by atoms with E-state index in [2.05, 4.69) is 15.5 Å². The van der Waals surface area contributed by atoms with E-state index in [-0.39, 0.29) is 17.3 Å². The van der Waals surface area contributed by atoms with Crippen LogP contribution < -0.4 is 10.1 Å². The number of nitrogens with zero attached hydrogens (tertiary/aromatic N) is 2. The van der Waals surface area contributed by atoms with Crippen molar-refractivity contribution in [2.75, 3.05) is 0 Å². The van der Waals surface area contributed by atoms with Crippen molar-refractivity contribution < 1.29 is 23.8 Å². The molecule has 1 heterocycles. The Morgan fingerprint density at radius 2 is 2.07 bits per heavy atom. The monoisotopic (exact) mass is 387 g/mol. The second-order valence-electron chi connectivity index (χ2n) is 5.44. The van der Waals surface area contributed by atoms with Gasteiger partial charge in [-0.25, -0.2) is 4.39 Å². The summed E-state index contributed by atoms with van der Waals surface area (Å²) in [6.07, 6.45) is 1.06. The van der Waals surface area contributed by atoms with E-state index in [1.807, 2.05) is 6.07 Å². The van der Waals surface area contributed by atoms with Gasteiger partial charge >= 0.3 is 5.97 Å². The fraction of sp³-hybridized carbons (Fsp3) is 0.111. The van der Waals surface area contributed by atoms with Crippen molar-refractivity contribution in [3.8, 4) is 11.5 Å². The number of para-hydroxylation sites is 1. The minimum absolute atomic E-state index is 0.204. The summed E-state index contributed by atoms with van der Waals surface area (Å²) in [5.41, 5.74) is 0.487. The standard InChI is InChI=1S/C18H14FN3O4S/c19-12-7-6-11(14(8-12)26-13-4-2-1-3-5-13)10-20-22-18-21-17(25)15(27-18)9-16(23)24/h1-8,10,15H,9H2,(H,23,24)(H,21,22,25). The number of halogens is 1. The van der Waals surface area contributed by atoms with Crippen molar-refractivity contribution >= 4 is 35.0 Å². The van der Waals surface area contributed by atoms with Gasteiger partial charge in [0, 0.05) is 11.6 Å². The Balaban J connectivity index is 1.74. The molecule has 0 bridgehead atoms. The summed E-state index contributed by atoms with van der Waals surface area (Å²) in [6, 6.07) is 12.9. The molecule has 0 aliphatic carbocycles. The van der Waals surface area contributed by atoms with Crippen molar-refractivity contribution in [2.45, 2.75) is 11.7 Å². The van der Waals surface area contributed by atoms with Crippen molar-refractivity contribution in [3.63, 3.8) is 0 Å². The Morgan fingerprint density at radius 3 is 2.81 bits per heavy atom. The number of hydrogen-bond donors (Lipinski definition) is 2. The molecule has 0 radical (unpaired) electrons. The first-order valence-electron chi connectivity index (χ1n) is 7.84. The zero-order valence-corrected chi connectivity index (χ0v) is 14.6. The SMILES string of the molecule is O=C(O)CC1SC(=NN=Cc2ccc(F)cc2Oc2ccccc2)NC1=O. The Hall–Kier alpha value is -3.20. The van der Waals surface area contributed by atoms with Gasteiger partial charge in [-0.05, 0) is 24.3 Å². The van der Waals surface area contributed by atoms with E-state index in [0.717, 1.165) is 11.8 Å². The summed E-state index contributed by atoms with van der Waals surface area (Å²) in [5.74, 6) is -1.15. The minimum atomic E-state index is -1.07. The first-order valence-corrected chi connectivity index (χ1v) is 8.72. The first kappa shape index (κ1) is 18.6. The second kappa shape index (κ2) is 8.45. The Labute approximate surface area is 158 Å². The maximum Gasteiger partial charge on any atom is 0.305 e. The number of carboxylic acid groups (broad SMARTS) is 1. The van der Waals surface area contributed by atoms with E-state index in [1.165, 1.54) is 24.4 Å². The Morgan fingerprint density at radius 1 is 1.30 bits per heavy atom. The number of thioether (sulfide) groups is 1. The molecular formula is C18H14FN3O4S. The van der Waals surface area contributed by atoms with Gasteiger partial charge in [-0.15, -0.1) is 5.10 Å². The smallest absolute Gasteiger partial charge is 0.305 e. The van der Waals surface area contributed by atoms with E-state index in [1.54, 1.807) is 24.3 Å². The van der Waals surface area contributed by atoms with Gasteiger partial charge in [0.1, 0.15) is 22.6 Å². The van der Waals surface area contributed by atoms with Crippen molar-refractivity contribution in [3.05, 3.63) is 59.9 Å². The number of aliphatic carboxylic acids is 1. The highest BCUT2D eigenvalue weighted by molar-refractivity contribution is 8.15. The van der Waals surface area contributed by atoms with Gasteiger partial charge in [0.2, 0.25) is 5.91 Å². The van der Waals surface area contributed by atoms with Crippen LogP contribution in [-0.2, 0) is 9.59 Å². The molecule has 9 heteroatoms. The fourth-order valence-electron chi connectivity index (χ4n) is 2.21. The maximum absolute atomic E-state index is 13.6. The van der Waals surface area contributed by atoms with Crippen LogP contribution in [0.1, 0.15) is 12.0 Å². The molecule has 7 nitrogen and oxygen atoms in total. The molecule has 1 aliphatic rings. The third kappa shape index (κ3) is 5.14. The van der Waals surface area contributed by atoms with Crippen LogP contribution >= 0.6 is 11.8 Å². The highest BCUT2D eigenvalue weighted by Crippen LogP contribution is 2.26. The highest BCUT2D eigenvalue weighted by atomic mass is 32.2. The van der Waals surface area contributed by atoms with Gasteiger partial charge in [0.25, 0.3) is 0 Å². The topological polar surface area (TPSA) is 100 Å². The molecule has 1 unspecified atom stereocenters. The summed E-state index contributed by atoms with van der Waals surface area (Å²) in [4.78, 5) is 22.4. The maximum atomic E-state index is 13.6. The molecule has 1 amide bonds. The number of rotatable bonds is 6. The van der Waals surface area contributed by atoms with Gasteiger partial charge in [0.15, 0.2) is 5.17 Å². The molecule has 0 saturated carbocycles. The number of carbonyl (C=O) groups excluding carboxylic acids is 1. The lowest BCUT2D eigenvalue weighted by atomic mass is 10.2. The van der Waals surface area contributed by atoms with Crippen LogP contribution in [0, 0.1) is 5.82 Å². The third-order valence-electron chi connectivity index (χ3n) is 3.43. The van der Waals surface area contributed by atoms with Crippen LogP contribution in [0.5, 0.6) is 11.5 Å². The third-order valence-corrected chi connectivity index (χ3v) is 4.50. The molecule has 2 aromatic carbocycles. The number of ether oxygens (including phenoxy) is 1. The zero-order chi connectivity index (χ0) is 19.2. The number of hydrogen-bond acceptors (Lipinski definition) is 6. The lowest BCUT2D eigenvalue weighted by Gasteiger charge is -2.08. The Kier molecular flexibility index (Phi) is 5.82. The van der Waals surface area contributed by atoms with Crippen molar-refractivity contribution in [2.24, 2.45) is 10.2 Å². The van der Waals surface area contributed by atoms with Crippen LogP contribution in [0.4, 0.5) is 4.39 Å². The number of benzene rings is 2. The number of amidine groups is 1.